The van der Waals surface area contributed by atoms with Crippen LogP contribution in [0, 0.1) is 0 Å². The molecule has 0 radical (unpaired) electrons. The van der Waals surface area contributed by atoms with Crippen LogP contribution in [0.5, 0.6) is 0 Å². The smallest absolute Gasteiger partial charge is 0.237 e. The van der Waals surface area contributed by atoms with Crippen molar-refractivity contribution in [3.63, 3.8) is 0 Å². The molecule has 2 aromatic carbocycles. The van der Waals surface area contributed by atoms with Gasteiger partial charge in [-0.3, -0.25) is 0 Å². The third-order valence-electron chi connectivity index (χ3n) is 3.05. The Morgan fingerprint density at radius 3 is 1.33 bits per heavy atom. The van der Waals surface area contributed by atoms with Crippen LogP contribution in [0.15, 0.2) is 70.6 Å². The first kappa shape index (κ1) is 18.2. The van der Waals surface area contributed by atoms with Crippen molar-refractivity contribution in [3.8, 4) is 0 Å². The Balaban J connectivity index is 2.13. The summed E-state index contributed by atoms with van der Waals surface area (Å²) in [6.07, 6.45) is 0. The minimum Gasteiger partial charge on any atom is -0.237 e. The molecular weight excluding hydrogens is 346 g/mol. The standard InChI is InChI=1S/C16H14N2O4P2/c19-23(20)15(13-7-3-1-4-8-13)17-11-12-18-16(24(21)22)14-9-5-2-6-10-14/h1-10H,11-12H2/p+2. The van der Waals surface area contributed by atoms with Crippen LogP contribution in [0.25, 0.3) is 0 Å². The van der Waals surface area contributed by atoms with E-state index in [2.05, 4.69) is 9.98 Å². The van der Waals surface area contributed by atoms with E-state index >= 15 is 0 Å². The van der Waals surface area contributed by atoms with Gasteiger partial charge < -0.3 is 0 Å². The second kappa shape index (κ2) is 9.26. The lowest BCUT2D eigenvalue weighted by molar-refractivity contribution is 0.514. The average Bonchev–Trinajstić information content (AvgIpc) is 2.59. The van der Waals surface area contributed by atoms with Gasteiger partial charge in [-0.1, -0.05) is 36.4 Å². The van der Waals surface area contributed by atoms with Gasteiger partial charge in [-0.05, 0) is 33.4 Å². The van der Waals surface area contributed by atoms with Gasteiger partial charge in [0.25, 0.3) is 0 Å². The molecule has 0 aliphatic heterocycles. The molecule has 0 heterocycles. The van der Waals surface area contributed by atoms with Crippen molar-refractivity contribution in [3.05, 3.63) is 71.8 Å². The molecule has 0 bridgehead atoms. The normalized spacial score (nSPS) is 13.6. The third-order valence-corrected chi connectivity index (χ3v) is 4.57. The molecule has 24 heavy (non-hydrogen) atoms. The number of hydrogen-bond acceptors (Lipinski definition) is 4. The van der Waals surface area contributed by atoms with E-state index in [1.807, 2.05) is 0 Å². The van der Waals surface area contributed by atoms with Crippen molar-refractivity contribution >= 4 is 27.0 Å². The fraction of sp³-hybridized carbons (Fsp3) is 0.125. The largest absolute Gasteiger partial charge is 0.567 e. The highest BCUT2D eigenvalue weighted by atomic mass is 31.1. The fourth-order valence-corrected chi connectivity index (χ4v) is 3.19. The first-order valence-electron chi connectivity index (χ1n) is 7.11. The van der Waals surface area contributed by atoms with Gasteiger partial charge in [0.15, 0.2) is 0 Å². The van der Waals surface area contributed by atoms with Gasteiger partial charge in [0.2, 0.25) is 0 Å². The zero-order valence-electron chi connectivity index (χ0n) is 12.7. The van der Waals surface area contributed by atoms with Crippen LogP contribution in [0.3, 0.4) is 0 Å². The van der Waals surface area contributed by atoms with Crippen molar-refractivity contribution in [1.82, 2.24) is 0 Å². The summed E-state index contributed by atoms with van der Waals surface area (Å²) in [5.41, 5.74) is 1.33. The Kier molecular flexibility index (Phi) is 7.04. The molecule has 6 nitrogen and oxygen atoms in total. The summed E-state index contributed by atoms with van der Waals surface area (Å²) in [6.45, 7) is 0.288. The maximum Gasteiger partial charge on any atom is 0.567 e. The van der Waals surface area contributed by atoms with Crippen LogP contribution in [0.2, 0.25) is 0 Å². The molecule has 0 aliphatic rings. The van der Waals surface area contributed by atoms with E-state index in [1.54, 1.807) is 60.7 Å². The van der Waals surface area contributed by atoms with Crippen LogP contribution in [-0.4, -0.2) is 33.8 Å². The van der Waals surface area contributed by atoms with Gasteiger partial charge >= 0.3 is 27.0 Å². The Bertz CT molecular complexity index is 710. The molecule has 2 aromatic rings. The highest BCUT2D eigenvalue weighted by Gasteiger charge is 2.26. The number of nitrogens with zero attached hydrogens (tertiary/aromatic N) is 2. The van der Waals surface area contributed by atoms with Crippen LogP contribution in [0.4, 0.5) is 0 Å². The minimum atomic E-state index is -2.58. The maximum absolute atomic E-state index is 11.5. The molecule has 0 spiro atoms. The zero-order valence-corrected chi connectivity index (χ0v) is 14.5. The van der Waals surface area contributed by atoms with E-state index in [0.717, 1.165) is 0 Å². The Morgan fingerprint density at radius 2 is 1.04 bits per heavy atom. The lowest BCUT2D eigenvalue weighted by Gasteiger charge is -1.95. The SMILES string of the molecule is O=[P+](O)C(=NCCN=C(c1ccccc1)[P+](=O)O)c1ccccc1. The van der Waals surface area contributed by atoms with E-state index < -0.39 is 16.1 Å². The van der Waals surface area contributed by atoms with E-state index in [-0.39, 0.29) is 24.0 Å². The van der Waals surface area contributed by atoms with E-state index in [1.165, 1.54) is 0 Å². The Morgan fingerprint density at radius 1 is 0.708 bits per heavy atom. The first-order valence-corrected chi connectivity index (χ1v) is 9.54. The topological polar surface area (TPSA) is 99.3 Å². The van der Waals surface area contributed by atoms with Crippen molar-refractivity contribution < 1.29 is 18.9 Å². The molecule has 122 valence electrons. The molecule has 8 heteroatoms. The average molecular weight is 362 g/mol. The van der Waals surface area contributed by atoms with Gasteiger partial charge in [0.1, 0.15) is 0 Å². The summed E-state index contributed by atoms with van der Waals surface area (Å²) in [7, 11) is -5.17. The summed E-state index contributed by atoms with van der Waals surface area (Å²) in [5.74, 6) is 0. The molecule has 0 fully saturated rings. The van der Waals surface area contributed by atoms with Crippen molar-refractivity contribution in [2.45, 2.75) is 0 Å². The number of aliphatic imine (C=N–C) groups is 2. The molecule has 2 unspecified atom stereocenters. The predicted molar refractivity (Wildman–Crippen MR) is 95.3 cm³/mol. The summed E-state index contributed by atoms with van der Waals surface area (Å²) in [6, 6.07) is 17.4. The van der Waals surface area contributed by atoms with Crippen molar-refractivity contribution in [2.75, 3.05) is 13.1 Å². The van der Waals surface area contributed by atoms with Gasteiger partial charge in [-0.2, -0.15) is 9.79 Å². The molecule has 0 amide bonds. The molecule has 2 atom stereocenters. The molecule has 0 saturated carbocycles. The van der Waals surface area contributed by atoms with Crippen molar-refractivity contribution in [1.29, 1.82) is 0 Å². The van der Waals surface area contributed by atoms with Crippen LogP contribution < -0.4 is 0 Å². The summed E-state index contributed by atoms with van der Waals surface area (Å²) < 4.78 is 22.9. The first-order chi connectivity index (χ1) is 11.6. The summed E-state index contributed by atoms with van der Waals surface area (Å²) >= 11 is 0. The molecule has 0 aromatic heterocycles. The molecule has 0 saturated heterocycles. The summed E-state index contributed by atoms with van der Waals surface area (Å²) in [4.78, 5) is 27.0. The number of benzene rings is 2. The summed E-state index contributed by atoms with van der Waals surface area (Å²) in [5, 5.41) is 0. The molecule has 0 aliphatic carbocycles. The Hall–Kier alpha value is -2.10. The van der Waals surface area contributed by atoms with E-state index in [9.17, 15) is 18.9 Å². The lowest BCUT2D eigenvalue weighted by Crippen LogP contribution is -2.01. The fourth-order valence-electron chi connectivity index (χ4n) is 2.01. The van der Waals surface area contributed by atoms with Gasteiger partial charge in [-0.25, -0.2) is 9.98 Å². The second-order valence-electron chi connectivity index (χ2n) is 4.69. The van der Waals surface area contributed by atoms with Gasteiger partial charge in [0, 0.05) is 0 Å². The Labute approximate surface area is 141 Å². The number of hydrogen-bond donors (Lipinski definition) is 2. The van der Waals surface area contributed by atoms with Gasteiger partial charge in [0.05, 0.1) is 24.2 Å². The molecule has 2 rings (SSSR count). The van der Waals surface area contributed by atoms with E-state index in [4.69, 9.17) is 0 Å². The quantitative estimate of drug-likeness (QED) is 0.448. The number of rotatable bonds is 7. The minimum absolute atomic E-state index is 0.0930. The predicted octanol–water partition coefficient (Wildman–Crippen LogP) is 3.35. The van der Waals surface area contributed by atoms with Crippen LogP contribution in [-0.2, 0) is 9.13 Å². The van der Waals surface area contributed by atoms with Crippen molar-refractivity contribution in [2.24, 2.45) is 9.98 Å². The highest BCUT2D eigenvalue weighted by molar-refractivity contribution is 7.60. The van der Waals surface area contributed by atoms with E-state index in [0.29, 0.717) is 11.1 Å². The lowest BCUT2D eigenvalue weighted by atomic mass is 10.2. The van der Waals surface area contributed by atoms with Gasteiger partial charge in [-0.15, -0.1) is 0 Å². The maximum atomic E-state index is 11.5. The van der Waals surface area contributed by atoms with Crippen LogP contribution in [0.1, 0.15) is 11.1 Å². The third kappa shape index (κ3) is 5.22. The molecular formula is C16H16N2O4P2+2. The highest BCUT2D eigenvalue weighted by Crippen LogP contribution is 2.24. The monoisotopic (exact) mass is 362 g/mol. The zero-order chi connectivity index (χ0) is 17.4. The molecule has 2 N–H and O–H groups in total. The van der Waals surface area contributed by atoms with Crippen LogP contribution >= 0.6 is 16.1 Å². The second-order valence-corrected chi connectivity index (χ2v) is 6.63.